The number of hydrogen-bond donors (Lipinski definition) is 0. The van der Waals surface area contributed by atoms with Gasteiger partial charge >= 0.3 is 0 Å². The Morgan fingerprint density at radius 3 is 2.49 bits per heavy atom. The van der Waals surface area contributed by atoms with Crippen LogP contribution in [0.15, 0.2) is 71.3 Å². The Morgan fingerprint density at radius 2 is 1.69 bits per heavy atom. The largest absolute Gasteiger partial charge is 0.336 e. The minimum Gasteiger partial charge on any atom is -0.336 e. The van der Waals surface area contributed by atoms with Crippen LogP contribution in [0.4, 0.5) is 8.78 Å². The second-order valence-corrected chi connectivity index (χ2v) is 8.74. The molecule has 0 aliphatic carbocycles. The molecule has 1 aliphatic rings. The molecule has 178 valence electrons. The van der Waals surface area contributed by atoms with Crippen LogP contribution in [0.2, 0.25) is 5.02 Å². The molecule has 3 aromatic carbocycles. The van der Waals surface area contributed by atoms with E-state index in [4.69, 9.17) is 16.1 Å². The maximum absolute atomic E-state index is 14.0. The smallest absolute Gasteiger partial charge is 0.258 e. The Bertz CT molecular complexity index is 1370. The van der Waals surface area contributed by atoms with Crippen LogP contribution in [0, 0.1) is 11.6 Å². The maximum Gasteiger partial charge on any atom is 0.258 e. The fourth-order valence-electron chi connectivity index (χ4n) is 4.09. The monoisotopic (exact) mass is 494 g/mol. The van der Waals surface area contributed by atoms with Crippen LogP contribution in [0.25, 0.3) is 22.8 Å². The molecule has 0 N–H and O–H groups in total. The van der Waals surface area contributed by atoms with Gasteiger partial charge in [-0.2, -0.15) is 4.98 Å². The normalized spacial score (nSPS) is 14.3. The molecular weight excluding hydrogens is 474 g/mol. The van der Waals surface area contributed by atoms with Crippen molar-refractivity contribution in [1.82, 2.24) is 19.9 Å². The SMILES string of the molecule is O=C(c1cccc(F)c1F)N1CCN(Cc2cccc(-c3noc(-c4cccc(Cl)c4)n3)c2)CC1. The molecular formula is C26H21ClF2N4O2. The zero-order valence-corrected chi connectivity index (χ0v) is 19.4. The van der Waals surface area contributed by atoms with E-state index in [1.807, 2.05) is 36.4 Å². The van der Waals surface area contributed by atoms with E-state index >= 15 is 0 Å². The molecule has 0 spiro atoms. The van der Waals surface area contributed by atoms with Gasteiger partial charge in [-0.25, -0.2) is 8.78 Å². The lowest BCUT2D eigenvalue weighted by Crippen LogP contribution is -2.48. The molecule has 0 saturated carbocycles. The zero-order valence-electron chi connectivity index (χ0n) is 18.6. The van der Waals surface area contributed by atoms with Crippen molar-refractivity contribution in [2.75, 3.05) is 26.2 Å². The molecule has 1 aliphatic heterocycles. The quantitative estimate of drug-likeness (QED) is 0.377. The summed E-state index contributed by atoms with van der Waals surface area (Å²) in [6.45, 7) is 2.77. The Morgan fingerprint density at radius 1 is 0.943 bits per heavy atom. The van der Waals surface area contributed by atoms with Gasteiger partial charge in [0.05, 0.1) is 5.56 Å². The van der Waals surface area contributed by atoms with Crippen LogP contribution >= 0.6 is 11.6 Å². The summed E-state index contributed by atoms with van der Waals surface area (Å²) in [5, 5.41) is 4.70. The number of nitrogens with zero attached hydrogens (tertiary/aromatic N) is 4. The number of aromatic nitrogens is 2. The second kappa shape index (κ2) is 9.93. The molecule has 4 aromatic rings. The maximum atomic E-state index is 14.0. The molecule has 0 radical (unpaired) electrons. The van der Waals surface area contributed by atoms with Gasteiger partial charge < -0.3 is 9.42 Å². The van der Waals surface area contributed by atoms with Gasteiger partial charge in [0.1, 0.15) is 0 Å². The van der Waals surface area contributed by atoms with Crippen molar-refractivity contribution in [2.45, 2.75) is 6.54 Å². The highest BCUT2D eigenvalue weighted by atomic mass is 35.5. The molecule has 0 unspecified atom stereocenters. The van der Waals surface area contributed by atoms with E-state index in [1.165, 1.54) is 12.1 Å². The lowest BCUT2D eigenvalue weighted by atomic mass is 10.1. The van der Waals surface area contributed by atoms with E-state index in [0.29, 0.717) is 49.5 Å². The lowest BCUT2D eigenvalue weighted by Gasteiger charge is -2.34. The molecule has 5 rings (SSSR count). The number of rotatable bonds is 5. The molecule has 1 aromatic heterocycles. The summed E-state index contributed by atoms with van der Waals surface area (Å²) in [4.78, 5) is 20.9. The number of hydrogen-bond acceptors (Lipinski definition) is 5. The topological polar surface area (TPSA) is 62.5 Å². The molecule has 2 heterocycles. The standard InChI is InChI=1S/C26H21ClF2N4O2/c27-20-7-2-6-19(15-20)25-30-24(31-35-25)18-5-1-4-17(14-18)16-32-10-12-33(13-11-32)26(34)21-8-3-9-22(28)23(21)29/h1-9,14-15H,10-13,16H2. The van der Waals surface area contributed by atoms with Crippen LogP contribution in [0.5, 0.6) is 0 Å². The molecule has 0 bridgehead atoms. The average molecular weight is 495 g/mol. The number of amides is 1. The van der Waals surface area contributed by atoms with Crippen molar-refractivity contribution in [3.63, 3.8) is 0 Å². The highest BCUT2D eigenvalue weighted by molar-refractivity contribution is 6.30. The van der Waals surface area contributed by atoms with E-state index in [2.05, 4.69) is 15.0 Å². The zero-order chi connectivity index (χ0) is 24.4. The van der Waals surface area contributed by atoms with Crippen molar-refractivity contribution >= 4 is 17.5 Å². The van der Waals surface area contributed by atoms with Gasteiger partial charge in [0.15, 0.2) is 11.6 Å². The summed E-state index contributed by atoms with van der Waals surface area (Å²) in [5.74, 6) is -1.73. The van der Waals surface area contributed by atoms with Gasteiger partial charge in [-0.3, -0.25) is 9.69 Å². The number of carbonyl (C=O) groups is 1. The first kappa shape index (κ1) is 23.1. The van der Waals surface area contributed by atoms with Gasteiger partial charge in [-0.1, -0.05) is 47.1 Å². The first-order valence-corrected chi connectivity index (χ1v) is 11.5. The first-order chi connectivity index (χ1) is 17.0. The Balaban J connectivity index is 1.22. The average Bonchev–Trinajstić information content (AvgIpc) is 3.37. The van der Waals surface area contributed by atoms with E-state index in [-0.39, 0.29) is 5.56 Å². The summed E-state index contributed by atoms with van der Waals surface area (Å²) in [7, 11) is 0. The molecule has 9 heteroatoms. The van der Waals surface area contributed by atoms with Gasteiger partial charge in [-0.15, -0.1) is 0 Å². The van der Waals surface area contributed by atoms with Crippen LogP contribution in [0.1, 0.15) is 15.9 Å². The third kappa shape index (κ3) is 5.08. The highest BCUT2D eigenvalue weighted by Crippen LogP contribution is 2.25. The van der Waals surface area contributed by atoms with Crippen LogP contribution < -0.4 is 0 Å². The van der Waals surface area contributed by atoms with Crippen molar-refractivity contribution in [1.29, 1.82) is 0 Å². The predicted molar refractivity (Wildman–Crippen MR) is 128 cm³/mol. The summed E-state index contributed by atoms with van der Waals surface area (Å²) in [6, 6.07) is 18.8. The summed E-state index contributed by atoms with van der Waals surface area (Å²) < 4.78 is 32.9. The van der Waals surface area contributed by atoms with Gasteiger partial charge in [0.2, 0.25) is 5.82 Å². The van der Waals surface area contributed by atoms with E-state index in [1.54, 1.807) is 17.0 Å². The van der Waals surface area contributed by atoms with E-state index in [9.17, 15) is 13.6 Å². The first-order valence-electron chi connectivity index (χ1n) is 11.1. The van der Waals surface area contributed by atoms with E-state index < -0.39 is 17.5 Å². The predicted octanol–water partition coefficient (Wildman–Crippen LogP) is 5.29. The molecule has 0 atom stereocenters. The summed E-state index contributed by atoms with van der Waals surface area (Å²) in [6.07, 6.45) is 0. The fourth-order valence-corrected chi connectivity index (χ4v) is 4.29. The molecule has 35 heavy (non-hydrogen) atoms. The molecule has 1 amide bonds. The number of halogens is 3. The van der Waals surface area contributed by atoms with Crippen molar-refractivity contribution < 1.29 is 18.1 Å². The van der Waals surface area contributed by atoms with E-state index in [0.717, 1.165) is 22.8 Å². The van der Waals surface area contributed by atoms with Crippen molar-refractivity contribution in [2.24, 2.45) is 0 Å². The molecule has 1 fully saturated rings. The van der Waals surface area contributed by atoms with Crippen LogP contribution in [-0.2, 0) is 6.54 Å². The van der Waals surface area contributed by atoms with Crippen LogP contribution in [0.3, 0.4) is 0 Å². The Kier molecular flexibility index (Phi) is 6.57. The van der Waals surface area contributed by atoms with Gasteiger partial charge in [0.25, 0.3) is 11.8 Å². The third-order valence-corrected chi connectivity index (χ3v) is 6.17. The Labute approximate surface area is 205 Å². The number of piperazine rings is 1. The minimum absolute atomic E-state index is 0.233. The van der Waals surface area contributed by atoms with Gasteiger partial charge in [-0.05, 0) is 42.0 Å². The number of benzene rings is 3. The second-order valence-electron chi connectivity index (χ2n) is 8.30. The molecule has 6 nitrogen and oxygen atoms in total. The van der Waals surface area contributed by atoms with Gasteiger partial charge in [0, 0.05) is 48.9 Å². The van der Waals surface area contributed by atoms with Crippen LogP contribution in [-0.4, -0.2) is 52.0 Å². The summed E-state index contributed by atoms with van der Waals surface area (Å²) in [5.41, 5.74) is 2.41. The number of carbonyl (C=O) groups excluding carboxylic acids is 1. The molecule has 1 saturated heterocycles. The fraction of sp³-hybridized carbons (Fsp3) is 0.192. The van der Waals surface area contributed by atoms with Crippen molar-refractivity contribution in [3.05, 3.63) is 94.5 Å². The Hall–Kier alpha value is -3.62. The summed E-state index contributed by atoms with van der Waals surface area (Å²) >= 11 is 6.05. The lowest BCUT2D eigenvalue weighted by molar-refractivity contribution is 0.0623. The third-order valence-electron chi connectivity index (χ3n) is 5.93. The highest BCUT2D eigenvalue weighted by Gasteiger charge is 2.25. The van der Waals surface area contributed by atoms with Crippen molar-refractivity contribution in [3.8, 4) is 22.8 Å². The minimum atomic E-state index is -1.10.